The van der Waals surface area contributed by atoms with Gasteiger partial charge in [-0.2, -0.15) is 0 Å². The summed E-state index contributed by atoms with van der Waals surface area (Å²) in [6, 6.07) is 0.509. The van der Waals surface area contributed by atoms with Gasteiger partial charge in [-0.3, -0.25) is 0 Å². The average Bonchev–Trinajstić information content (AvgIpc) is 2.04. The van der Waals surface area contributed by atoms with Crippen molar-refractivity contribution >= 4 is 0 Å². The van der Waals surface area contributed by atoms with Crippen LogP contribution in [-0.4, -0.2) is 12.6 Å². The summed E-state index contributed by atoms with van der Waals surface area (Å²) in [6.45, 7) is 13.9. The molecule has 0 aliphatic rings. The first-order valence-corrected chi connectivity index (χ1v) is 5.02. The smallest absolute Gasteiger partial charge is 0.0299 e. The van der Waals surface area contributed by atoms with Gasteiger partial charge in [-0.05, 0) is 25.8 Å². The zero-order valence-corrected chi connectivity index (χ0v) is 8.98. The molecule has 0 radical (unpaired) electrons. The SMILES string of the molecule is C=C(C)C(NCCC)C(C)CC. The molecule has 0 aromatic heterocycles. The zero-order valence-electron chi connectivity index (χ0n) is 8.98. The first kappa shape index (κ1) is 11.7. The molecule has 1 heteroatoms. The maximum atomic E-state index is 4.01. The molecule has 0 aliphatic heterocycles. The van der Waals surface area contributed by atoms with Crippen LogP contribution >= 0.6 is 0 Å². The van der Waals surface area contributed by atoms with Crippen molar-refractivity contribution in [2.45, 2.75) is 46.6 Å². The van der Waals surface area contributed by atoms with Gasteiger partial charge in [0.1, 0.15) is 0 Å². The molecule has 0 spiro atoms. The second-order valence-electron chi connectivity index (χ2n) is 3.66. The van der Waals surface area contributed by atoms with E-state index in [9.17, 15) is 0 Å². The predicted molar refractivity (Wildman–Crippen MR) is 56.4 cm³/mol. The summed E-state index contributed by atoms with van der Waals surface area (Å²) in [7, 11) is 0. The molecule has 0 aliphatic carbocycles. The third-order valence-corrected chi connectivity index (χ3v) is 2.36. The molecule has 0 bridgehead atoms. The van der Waals surface area contributed by atoms with Crippen LogP contribution in [-0.2, 0) is 0 Å². The topological polar surface area (TPSA) is 12.0 Å². The van der Waals surface area contributed by atoms with Crippen molar-refractivity contribution in [3.8, 4) is 0 Å². The first-order valence-electron chi connectivity index (χ1n) is 5.02. The van der Waals surface area contributed by atoms with E-state index in [0.717, 1.165) is 6.54 Å². The van der Waals surface area contributed by atoms with Gasteiger partial charge in [0.05, 0.1) is 0 Å². The van der Waals surface area contributed by atoms with E-state index in [2.05, 4.69) is 39.6 Å². The monoisotopic (exact) mass is 169 g/mol. The van der Waals surface area contributed by atoms with Crippen molar-refractivity contribution in [3.63, 3.8) is 0 Å². The molecule has 0 saturated heterocycles. The van der Waals surface area contributed by atoms with Crippen LogP contribution in [0.15, 0.2) is 12.2 Å². The Bertz CT molecular complexity index is 129. The minimum absolute atomic E-state index is 0.509. The third kappa shape index (κ3) is 3.91. The Morgan fingerprint density at radius 3 is 2.33 bits per heavy atom. The van der Waals surface area contributed by atoms with Crippen molar-refractivity contribution < 1.29 is 0 Å². The second-order valence-corrected chi connectivity index (χ2v) is 3.66. The summed E-state index contributed by atoms with van der Waals surface area (Å²) in [4.78, 5) is 0. The largest absolute Gasteiger partial charge is 0.310 e. The molecule has 2 unspecified atom stereocenters. The van der Waals surface area contributed by atoms with Gasteiger partial charge in [-0.1, -0.05) is 39.3 Å². The predicted octanol–water partition coefficient (Wildman–Crippen LogP) is 2.98. The molecule has 1 N–H and O–H groups in total. The fourth-order valence-corrected chi connectivity index (χ4v) is 1.40. The van der Waals surface area contributed by atoms with E-state index in [1.165, 1.54) is 18.4 Å². The number of nitrogens with one attached hydrogen (secondary N) is 1. The van der Waals surface area contributed by atoms with Gasteiger partial charge < -0.3 is 5.32 Å². The van der Waals surface area contributed by atoms with Crippen LogP contribution in [0.2, 0.25) is 0 Å². The molecular formula is C11H23N. The van der Waals surface area contributed by atoms with Crippen LogP contribution in [0, 0.1) is 5.92 Å². The second kappa shape index (κ2) is 6.24. The van der Waals surface area contributed by atoms with E-state index < -0.39 is 0 Å². The van der Waals surface area contributed by atoms with E-state index in [4.69, 9.17) is 0 Å². The van der Waals surface area contributed by atoms with Crippen LogP contribution in [0.5, 0.6) is 0 Å². The highest BCUT2D eigenvalue weighted by atomic mass is 14.9. The van der Waals surface area contributed by atoms with Gasteiger partial charge in [-0.15, -0.1) is 0 Å². The molecule has 0 aromatic rings. The number of rotatable bonds is 6. The molecule has 0 saturated carbocycles. The van der Waals surface area contributed by atoms with Gasteiger partial charge in [-0.25, -0.2) is 0 Å². The Balaban J connectivity index is 3.94. The molecule has 0 amide bonds. The number of hydrogen-bond acceptors (Lipinski definition) is 1. The molecule has 0 fully saturated rings. The fraction of sp³-hybridized carbons (Fsp3) is 0.818. The van der Waals surface area contributed by atoms with E-state index >= 15 is 0 Å². The molecule has 2 atom stereocenters. The van der Waals surface area contributed by atoms with Crippen LogP contribution in [0.1, 0.15) is 40.5 Å². The van der Waals surface area contributed by atoms with Gasteiger partial charge >= 0.3 is 0 Å². The lowest BCUT2D eigenvalue weighted by Crippen LogP contribution is -2.35. The highest BCUT2D eigenvalue weighted by Gasteiger charge is 2.14. The van der Waals surface area contributed by atoms with E-state index in [1.54, 1.807) is 0 Å². The Morgan fingerprint density at radius 1 is 1.42 bits per heavy atom. The fourth-order valence-electron chi connectivity index (χ4n) is 1.40. The summed E-state index contributed by atoms with van der Waals surface area (Å²) in [5.41, 5.74) is 1.26. The summed E-state index contributed by atoms with van der Waals surface area (Å²) in [5, 5.41) is 3.52. The van der Waals surface area contributed by atoms with Crippen molar-refractivity contribution in [3.05, 3.63) is 12.2 Å². The van der Waals surface area contributed by atoms with Crippen LogP contribution < -0.4 is 5.32 Å². The maximum Gasteiger partial charge on any atom is 0.0299 e. The summed E-state index contributed by atoms with van der Waals surface area (Å²) < 4.78 is 0. The lowest BCUT2D eigenvalue weighted by molar-refractivity contribution is 0.409. The minimum atomic E-state index is 0.509. The van der Waals surface area contributed by atoms with Gasteiger partial charge in [0, 0.05) is 6.04 Å². The summed E-state index contributed by atoms with van der Waals surface area (Å²) >= 11 is 0. The average molecular weight is 169 g/mol. The summed E-state index contributed by atoms with van der Waals surface area (Å²) in [6.07, 6.45) is 2.41. The van der Waals surface area contributed by atoms with Gasteiger partial charge in [0.25, 0.3) is 0 Å². The Morgan fingerprint density at radius 2 is 2.00 bits per heavy atom. The third-order valence-electron chi connectivity index (χ3n) is 2.36. The van der Waals surface area contributed by atoms with Crippen LogP contribution in [0.25, 0.3) is 0 Å². The quantitative estimate of drug-likeness (QED) is 0.603. The van der Waals surface area contributed by atoms with Crippen molar-refractivity contribution in [2.24, 2.45) is 5.92 Å². The van der Waals surface area contributed by atoms with Crippen LogP contribution in [0.4, 0.5) is 0 Å². The van der Waals surface area contributed by atoms with Gasteiger partial charge in [0.2, 0.25) is 0 Å². The van der Waals surface area contributed by atoms with E-state index in [1.807, 2.05) is 0 Å². The number of hydrogen-bond donors (Lipinski definition) is 1. The van der Waals surface area contributed by atoms with Gasteiger partial charge in [0.15, 0.2) is 0 Å². The molecule has 0 rings (SSSR count). The molecule has 0 aromatic carbocycles. The summed E-state index contributed by atoms with van der Waals surface area (Å²) in [5.74, 6) is 0.703. The van der Waals surface area contributed by atoms with Crippen molar-refractivity contribution in [1.29, 1.82) is 0 Å². The van der Waals surface area contributed by atoms with E-state index in [-0.39, 0.29) is 0 Å². The molecule has 72 valence electrons. The lowest BCUT2D eigenvalue weighted by atomic mass is 9.94. The molecule has 0 heterocycles. The molecule has 12 heavy (non-hydrogen) atoms. The zero-order chi connectivity index (χ0) is 9.56. The molecular weight excluding hydrogens is 146 g/mol. The molecule has 1 nitrogen and oxygen atoms in total. The van der Waals surface area contributed by atoms with Crippen LogP contribution in [0.3, 0.4) is 0 Å². The highest BCUT2D eigenvalue weighted by molar-refractivity contribution is 5.03. The van der Waals surface area contributed by atoms with E-state index in [0.29, 0.717) is 12.0 Å². The lowest BCUT2D eigenvalue weighted by Gasteiger charge is -2.24. The normalized spacial score (nSPS) is 15.7. The van der Waals surface area contributed by atoms with Crippen molar-refractivity contribution in [2.75, 3.05) is 6.54 Å². The Kier molecular flexibility index (Phi) is 6.09. The minimum Gasteiger partial charge on any atom is -0.310 e. The maximum absolute atomic E-state index is 4.01. The first-order chi connectivity index (χ1) is 5.63. The van der Waals surface area contributed by atoms with Crippen molar-refractivity contribution in [1.82, 2.24) is 5.32 Å². The highest BCUT2D eigenvalue weighted by Crippen LogP contribution is 2.13. The Labute approximate surface area is 77.2 Å². The standard InChI is InChI=1S/C11H23N/c1-6-8-12-11(9(3)4)10(5)7-2/h10-12H,3,6-8H2,1-2,4-5H3. The Hall–Kier alpha value is -0.300.